The summed E-state index contributed by atoms with van der Waals surface area (Å²) in [6.45, 7) is 8.09. The number of benzene rings is 1. The van der Waals surface area contributed by atoms with Crippen molar-refractivity contribution in [3.05, 3.63) is 18.2 Å². The van der Waals surface area contributed by atoms with E-state index >= 15 is 0 Å². The zero-order valence-electron chi connectivity index (χ0n) is 11.5. The van der Waals surface area contributed by atoms with E-state index < -0.39 is 7.12 Å². The fourth-order valence-corrected chi connectivity index (χ4v) is 2.60. The van der Waals surface area contributed by atoms with Crippen molar-refractivity contribution in [1.29, 1.82) is 0 Å². The Hall–Kier alpha value is -0.645. The molecule has 98 valence electrons. The Balaban J connectivity index is 2.38. The SMILES string of the molecule is CSc1c(O)cccc1B1OC(C)(C)C(C)(C)O1. The number of aromatic hydroxyl groups is 1. The van der Waals surface area contributed by atoms with E-state index in [9.17, 15) is 5.11 Å². The first-order valence-corrected chi connectivity index (χ1v) is 7.22. The third-order valence-electron chi connectivity index (χ3n) is 3.74. The van der Waals surface area contributed by atoms with Gasteiger partial charge < -0.3 is 14.4 Å². The number of hydrogen-bond donors (Lipinski definition) is 1. The molecule has 1 aromatic carbocycles. The van der Waals surface area contributed by atoms with Gasteiger partial charge in [-0.15, -0.1) is 11.8 Å². The van der Waals surface area contributed by atoms with Crippen LogP contribution in [-0.4, -0.2) is 29.7 Å². The van der Waals surface area contributed by atoms with Crippen molar-refractivity contribution in [3.8, 4) is 5.75 Å². The highest BCUT2D eigenvalue weighted by molar-refractivity contribution is 7.99. The van der Waals surface area contributed by atoms with E-state index in [0.717, 1.165) is 10.4 Å². The van der Waals surface area contributed by atoms with Crippen LogP contribution < -0.4 is 5.46 Å². The summed E-state index contributed by atoms with van der Waals surface area (Å²) in [5.74, 6) is 0.273. The fraction of sp³-hybridized carbons (Fsp3) is 0.538. The lowest BCUT2D eigenvalue weighted by molar-refractivity contribution is 0.00578. The smallest absolute Gasteiger partial charge is 0.496 e. The molecule has 18 heavy (non-hydrogen) atoms. The Bertz CT molecular complexity index is 444. The first kappa shape index (κ1) is 13.8. The fourth-order valence-electron chi connectivity index (χ4n) is 1.92. The van der Waals surface area contributed by atoms with Crippen LogP contribution in [0, 0.1) is 0 Å². The van der Waals surface area contributed by atoms with E-state index in [2.05, 4.69) is 0 Å². The molecule has 0 spiro atoms. The molecule has 0 radical (unpaired) electrons. The summed E-state index contributed by atoms with van der Waals surface area (Å²) in [4.78, 5) is 0.816. The van der Waals surface area contributed by atoms with Crippen LogP contribution in [0.5, 0.6) is 5.75 Å². The predicted molar refractivity (Wildman–Crippen MR) is 75.6 cm³/mol. The number of thioether (sulfide) groups is 1. The third-order valence-corrected chi connectivity index (χ3v) is 4.59. The Labute approximate surface area is 113 Å². The van der Waals surface area contributed by atoms with Crippen LogP contribution in [0.4, 0.5) is 0 Å². The molecule has 1 N–H and O–H groups in total. The largest absolute Gasteiger partial charge is 0.507 e. The minimum absolute atomic E-state index is 0.273. The lowest BCUT2D eigenvalue weighted by Crippen LogP contribution is -2.41. The highest BCUT2D eigenvalue weighted by Gasteiger charge is 2.52. The van der Waals surface area contributed by atoms with Gasteiger partial charge in [0.1, 0.15) is 5.75 Å². The van der Waals surface area contributed by atoms with Gasteiger partial charge in [0, 0.05) is 4.90 Å². The van der Waals surface area contributed by atoms with Crippen molar-refractivity contribution in [1.82, 2.24) is 0 Å². The van der Waals surface area contributed by atoms with E-state index in [4.69, 9.17) is 9.31 Å². The van der Waals surface area contributed by atoms with E-state index in [1.165, 1.54) is 11.8 Å². The summed E-state index contributed by atoms with van der Waals surface area (Å²) >= 11 is 1.50. The van der Waals surface area contributed by atoms with Crippen LogP contribution in [0.3, 0.4) is 0 Å². The summed E-state index contributed by atoms with van der Waals surface area (Å²) in [7, 11) is -0.426. The van der Waals surface area contributed by atoms with Crippen LogP contribution in [0.1, 0.15) is 27.7 Å². The average molecular weight is 266 g/mol. The maximum atomic E-state index is 9.88. The zero-order chi connectivity index (χ0) is 13.6. The van der Waals surface area contributed by atoms with Gasteiger partial charge in [-0.3, -0.25) is 0 Å². The summed E-state index contributed by atoms with van der Waals surface area (Å²) in [5, 5.41) is 9.88. The Morgan fingerprint density at radius 3 is 2.17 bits per heavy atom. The number of phenols is 1. The summed E-state index contributed by atoms with van der Waals surface area (Å²) in [6.07, 6.45) is 1.93. The molecule has 0 bridgehead atoms. The Morgan fingerprint density at radius 2 is 1.67 bits per heavy atom. The molecule has 5 heteroatoms. The molecule has 1 heterocycles. The first-order valence-electron chi connectivity index (χ1n) is 6.00. The molecular weight excluding hydrogens is 247 g/mol. The molecule has 1 aliphatic rings. The molecule has 1 fully saturated rings. The van der Waals surface area contributed by atoms with Gasteiger partial charge in [0.2, 0.25) is 0 Å². The number of rotatable bonds is 2. The van der Waals surface area contributed by atoms with Crippen LogP contribution >= 0.6 is 11.8 Å². The second-order valence-electron chi connectivity index (χ2n) is 5.49. The van der Waals surface area contributed by atoms with E-state index in [0.29, 0.717) is 0 Å². The normalized spacial score (nSPS) is 21.3. The van der Waals surface area contributed by atoms with Gasteiger partial charge in [-0.05, 0) is 45.5 Å². The molecule has 1 aromatic rings. The molecule has 0 saturated carbocycles. The van der Waals surface area contributed by atoms with Gasteiger partial charge in [0.05, 0.1) is 11.2 Å². The maximum absolute atomic E-state index is 9.88. The molecule has 0 amide bonds. The molecule has 1 aliphatic heterocycles. The minimum Gasteiger partial charge on any atom is -0.507 e. The molecule has 0 atom stereocenters. The average Bonchev–Trinajstić information content (AvgIpc) is 2.47. The number of phenolic OH excluding ortho intramolecular Hbond substituents is 1. The molecule has 0 aliphatic carbocycles. The second kappa shape index (κ2) is 4.47. The van der Waals surface area contributed by atoms with E-state index in [1.54, 1.807) is 6.07 Å². The van der Waals surface area contributed by atoms with E-state index in [-0.39, 0.29) is 17.0 Å². The molecule has 1 saturated heterocycles. The van der Waals surface area contributed by atoms with Gasteiger partial charge in [-0.1, -0.05) is 12.1 Å². The van der Waals surface area contributed by atoms with Crippen molar-refractivity contribution in [2.24, 2.45) is 0 Å². The van der Waals surface area contributed by atoms with Crippen LogP contribution in [0.25, 0.3) is 0 Å². The van der Waals surface area contributed by atoms with Crippen molar-refractivity contribution in [3.63, 3.8) is 0 Å². The van der Waals surface area contributed by atoms with Gasteiger partial charge >= 0.3 is 7.12 Å². The molecule has 0 aromatic heterocycles. The van der Waals surface area contributed by atoms with Crippen molar-refractivity contribution >= 4 is 24.3 Å². The van der Waals surface area contributed by atoms with Crippen LogP contribution in [0.15, 0.2) is 23.1 Å². The van der Waals surface area contributed by atoms with Gasteiger partial charge in [0.15, 0.2) is 0 Å². The minimum atomic E-state index is -0.426. The zero-order valence-corrected chi connectivity index (χ0v) is 12.3. The predicted octanol–water partition coefficient (Wildman–Crippen LogP) is 2.41. The third kappa shape index (κ3) is 2.15. The van der Waals surface area contributed by atoms with Gasteiger partial charge in [-0.25, -0.2) is 0 Å². The van der Waals surface area contributed by atoms with Gasteiger partial charge in [0.25, 0.3) is 0 Å². The Kier molecular flexibility index (Phi) is 3.43. The first-order chi connectivity index (χ1) is 8.28. The number of hydrogen-bond acceptors (Lipinski definition) is 4. The maximum Gasteiger partial charge on any atom is 0.496 e. The van der Waals surface area contributed by atoms with E-state index in [1.807, 2.05) is 46.1 Å². The molecule has 2 rings (SSSR count). The molecule has 3 nitrogen and oxygen atoms in total. The quantitative estimate of drug-likeness (QED) is 0.659. The molecule has 0 unspecified atom stereocenters. The topological polar surface area (TPSA) is 38.7 Å². The van der Waals surface area contributed by atoms with Crippen LogP contribution in [0.2, 0.25) is 0 Å². The van der Waals surface area contributed by atoms with Crippen molar-refractivity contribution in [2.75, 3.05) is 6.26 Å². The molecular formula is C13H19BO3S. The van der Waals surface area contributed by atoms with Crippen molar-refractivity contribution < 1.29 is 14.4 Å². The van der Waals surface area contributed by atoms with Crippen molar-refractivity contribution in [2.45, 2.75) is 43.8 Å². The second-order valence-corrected chi connectivity index (χ2v) is 6.30. The lowest BCUT2D eigenvalue weighted by atomic mass is 9.79. The lowest BCUT2D eigenvalue weighted by Gasteiger charge is -2.32. The standard InChI is InChI=1S/C13H19BO3S/c1-12(2)13(3,4)17-14(16-12)9-7-6-8-10(15)11(9)18-5/h6-8,15H,1-5H3. The monoisotopic (exact) mass is 266 g/mol. The summed E-state index contributed by atoms with van der Waals surface area (Å²) < 4.78 is 12.0. The van der Waals surface area contributed by atoms with Gasteiger partial charge in [-0.2, -0.15) is 0 Å². The van der Waals surface area contributed by atoms with Crippen LogP contribution in [-0.2, 0) is 9.31 Å². The highest BCUT2D eigenvalue weighted by Crippen LogP contribution is 2.37. The summed E-state index contributed by atoms with van der Waals surface area (Å²) in [5.41, 5.74) is 0.165. The highest BCUT2D eigenvalue weighted by atomic mass is 32.2. The summed E-state index contributed by atoms with van der Waals surface area (Å²) in [6, 6.07) is 5.43. The Morgan fingerprint density at radius 1 is 1.11 bits per heavy atom.